The van der Waals surface area contributed by atoms with Gasteiger partial charge in [-0.2, -0.15) is 0 Å². The van der Waals surface area contributed by atoms with Crippen molar-refractivity contribution in [2.45, 2.75) is 25.8 Å². The van der Waals surface area contributed by atoms with Crippen LogP contribution in [-0.2, 0) is 11.3 Å². The van der Waals surface area contributed by atoms with Crippen LogP contribution >= 0.6 is 0 Å². The molecule has 0 atom stereocenters. The van der Waals surface area contributed by atoms with Gasteiger partial charge in [0, 0.05) is 25.1 Å². The van der Waals surface area contributed by atoms with Crippen molar-refractivity contribution in [3.8, 4) is 0 Å². The number of nitro groups is 1. The topological polar surface area (TPSA) is 98.3 Å². The Labute approximate surface area is 105 Å². The molecule has 3 N–H and O–H groups in total. The zero-order valence-electron chi connectivity index (χ0n) is 10.1. The number of nitro benzene ring substituents is 1. The molecule has 0 heterocycles. The van der Waals surface area contributed by atoms with Crippen molar-refractivity contribution in [3.63, 3.8) is 0 Å². The molecule has 98 valence electrons. The van der Waals surface area contributed by atoms with E-state index in [0.717, 1.165) is 18.4 Å². The minimum Gasteiger partial charge on any atom is -0.352 e. The van der Waals surface area contributed by atoms with Gasteiger partial charge in [0.25, 0.3) is 5.69 Å². The molecular formula is C12H17N3O3. The van der Waals surface area contributed by atoms with Gasteiger partial charge in [0.05, 0.1) is 4.92 Å². The van der Waals surface area contributed by atoms with Crippen molar-refractivity contribution in [3.05, 3.63) is 39.9 Å². The van der Waals surface area contributed by atoms with Crippen molar-refractivity contribution in [1.82, 2.24) is 5.32 Å². The second-order valence-corrected chi connectivity index (χ2v) is 3.95. The van der Waals surface area contributed by atoms with Crippen LogP contribution in [0.4, 0.5) is 5.69 Å². The van der Waals surface area contributed by atoms with E-state index in [4.69, 9.17) is 5.73 Å². The fraction of sp³-hybridized carbons (Fsp3) is 0.417. The molecule has 0 aromatic heterocycles. The van der Waals surface area contributed by atoms with Crippen LogP contribution in [0.5, 0.6) is 0 Å². The van der Waals surface area contributed by atoms with Crippen molar-refractivity contribution >= 4 is 11.6 Å². The molecule has 1 aromatic rings. The monoisotopic (exact) mass is 251 g/mol. The van der Waals surface area contributed by atoms with Crippen molar-refractivity contribution in [2.24, 2.45) is 5.73 Å². The van der Waals surface area contributed by atoms with Gasteiger partial charge in [0.2, 0.25) is 5.91 Å². The first kappa shape index (κ1) is 14.1. The predicted molar refractivity (Wildman–Crippen MR) is 67.8 cm³/mol. The molecule has 6 heteroatoms. The van der Waals surface area contributed by atoms with Gasteiger partial charge in [-0.05, 0) is 24.9 Å². The number of nitrogens with zero attached hydrogens (tertiary/aromatic N) is 1. The number of hydrogen-bond donors (Lipinski definition) is 2. The van der Waals surface area contributed by atoms with Gasteiger partial charge in [-0.3, -0.25) is 14.9 Å². The summed E-state index contributed by atoms with van der Waals surface area (Å²) in [5, 5.41) is 13.3. The second-order valence-electron chi connectivity index (χ2n) is 3.95. The highest BCUT2D eigenvalue weighted by molar-refractivity contribution is 5.75. The molecule has 0 unspecified atom stereocenters. The summed E-state index contributed by atoms with van der Waals surface area (Å²) < 4.78 is 0. The molecule has 0 aliphatic carbocycles. The molecule has 1 amide bonds. The Morgan fingerprint density at radius 1 is 1.39 bits per heavy atom. The van der Waals surface area contributed by atoms with E-state index in [1.54, 1.807) is 12.1 Å². The maximum Gasteiger partial charge on any atom is 0.269 e. The van der Waals surface area contributed by atoms with Crippen LogP contribution in [0.15, 0.2) is 24.3 Å². The molecule has 0 aliphatic heterocycles. The van der Waals surface area contributed by atoms with Crippen LogP contribution < -0.4 is 11.1 Å². The molecular weight excluding hydrogens is 234 g/mol. The highest BCUT2D eigenvalue weighted by atomic mass is 16.6. The predicted octanol–water partition coefficient (Wildman–Crippen LogP) is 1.34. The van der Waals surface area contributed by atoms with E-state index >= 15 is 0 Å². The van der Waals surface area contributed by atoms with Gasteiger partial charge in [0.1, 0.15) is 0 Å². The Hall–Kier alpha value is -1.95. The van der Waals surface area contributed by atoms with Gasteiger partial charge >= 0.3 is 0 Å². The van der Waals surface area contributed by atoms with Crippen molar-refractivity contribution in [1.29, 1.82) is 0 Å². The number of benzene rings is 1. The summed E-state index contributed by atoms with van der Waals surface area (Å²) in [6, 6.07) is 6.23. The summed E-state index contributed by atoms with van der Waals surface area (Å²) in [6.45, 7) is 0.890. The van der Waals surface area contributed by atoms with E-state index in [1.165, 1.54) is 12.1 Å². The minimum absolute atomic E-state index is 0.0323. The molecule has 0 radical (unpaired) electrons. The van der Waals surface area contributed by atoms with E-state index in [-0.39, 0.29) is 11.6 Å². The Bertz CT molecular complexity index is 421. The lowest BCUT2D eigenvalue weighted by molar-refractivity contribution is -0.384. The zero-order valence-corrected chi connectivity index (χ0v) is 10.1. The molecule has 18 heavy (non-hydrogen) atoms. The number of nitrogens with two attached hydrogens (primary N) is 1. The standard InChI is InChI=1S/C12H17N3O3/c13-7-2-1-6-12(16)14-9-10-4-3-5-11(8-10)15(17)18/h3-5,8H,1-2,6-7,9,13H2,(H,14,16). The number of unbranched alkanes of at least 4 members (excludes halogenated alkanes) is 1. The van der Waals surface area contributed by atoms with Gasteiger partial charge < -0.3 is 11.1 Å². The summed E-state index contributed by atoms with van der Waals surface area (Å²) >= 11 is 0. The quantitative estimate of drug-likeness (QED) is 0.434. The number of carbonyl (C=O) groups is 1. The highest BCUT2D eigenvalue weighted by Gasteiger charge is 2.06. The third-order valence-electron chi connectivity index (χ3n) is 2.47. The van der Waals surface area contributed by atoms with Crippen LogP contribution in [-0.4, -0.2) is 17.4 Å². The summed E-state index contributed by atoms with van der Waals surface area (Å²) in [5.74, 6) is -0.0602. The maximum absolute atomic E-state index is 11.4. The number of amides is 1. The maximum atomic E-state index is 11.4. The first-order chi connectivity index (χ1) is 8.63. The average molecular weight is 251 g/mol. The summed E-state index contributed by atoms with van der Waals surface area (Å²) in [6.07, 6.45) is 2.02. The number of nitrogens with one attached hydrogen (secondary N) is 1. The van der Waals surface area contributed by atoms with E-state index in [0.29, 0.717) is 19.5 Å². The number of carbonyl (C=O) groups excluding carboxylic acids is 1. The third-order valence-corrected chi connectivity index (χ3v) is 2.47. The third kappa shape index (κ3) is 4.92. The van der Waals surface area contributed by atoms with Crippen LogP contribution in [0.1, 0.15) is 24.8 Å². The average Bonchev–Trinajstić information content (AvgIpc) is 2.37. The number of rotatable bonds is 7. The molecule has 1 rings (SSSR count). The summed E-state index contributed by atoms with van der Waals surface area (Å²) in [7, 11) is 0. The summed E-state index contributed by atoms with van der Waals surface area (Å²) in [5.41, 5.74) is 6.08. The van der Waals surface area contributed by atoms with E-state index in [1.807, 2.05) is 0 Å². The van der Waals surface area contributed by atoms with Crippen LogP contribution in [0, 0.1) is 10.1 Å². The van der Waals surface area contributed by atoms with Crippen molar-refractivity contribution < 1.29 is 9.72 Å². The molecule has 0 saturated carbocycles. The molecule has 0 bridgehead atoms. The van der Waals surface area contributed by atoms with E-state index in [9.17, 15) is 14.9 Å². The zero-order chi connectivity index (χ0) is 13.4. The molecule has 0 saturated heterocycles. The molecule has 1 aromatic carbocycles. The SMILES string of the molecule is NCCCCC(=O)NCc1cccc([N+](=O)[O-])c1. The first-order valence-electron chi connectivity index (χ1n) is 5.83. The Morgan fingerprint density at radius 2 is 2.17 bits per heavy atom. The van der Waals surface area contributed by atoms with Gasteiger partial charge in [-0.1, -0.05) is 12.1 Å². The smallest absolute Gasteiger partial charge is 0.269 e. The lowest BCUT2D eigenvalue weighted by Gasteiger charge is -2.05. The Kier molecular flexibility index (Phi) is 5.79. The highest BCUT2D eigenvalue weighted by Crippen LogP contribution is 2.12. The van der Waals surface area contributed by atoms with Gasteiger partial charge in [-0.25, -0.2) is 0 Å². The van der Waals surface area contributed by atoms with Gasteiger partial charge in [0.15, 0.2) is 0 Å². The molecule has 6 nitrogen and oxygen atoms in total. The molecule has 0 fully saturated rings. The van der Waals surface area contributed by atoms with Crippen LogP contribution in [0.2, 0.25) is 0 Å². The normalized spacial score (nSPS) is 10.1. The fourth-order valence-corrected chi connectivity index (χ4v) is 1.50. The molecule has 0 spiro atoms. The minimum atomic E-state index is -0.452. The van der Waals surface area contributed by atoms with E-state index < -0.39 is 4.92 Å². The van der Waals surface area contributed by atoms with Crippen LogP contribution in [0.25, 0.3) is 0 Å². The van der Waals surface area contributed by atoms with Crippen LogP contribution in [0.3, 0.4) is 0 Å². The number of non-ortho nitro benzene ring substituents is 1. The first-order valence-corrected chi connectivity index (χ1v) is 5.83. The lowest BCUT2D eigenvalue weighted by Crippen LogP contribution is -2.22. The van der Waals surface area contributed by atoms with E-state index in [2.05, 4.69) is 5.32 Å². The second kappa shape index (κ2) is 7.39. The Balaban J connectivity index is 2.41. The van der Waals surface area contributed by atoms with Crippen molar-refractivity contribution in [2.75, 3.05) is 6.54 Å². The Morgan fingerprint density at radius 3 is 2.83 bits per heavy atom. The lowest BCUT2D eigenvalue weighted by atomic mass is 10.2. The fourth-order valence-electron chi connectivity index (χ4n) is 1.50. The largest absolute Gasteiger partial charge is 0.352 e. The number of hydrogen-bond acceptors (Lipinski definition) is 4. The molecule has 0 aliphatic rings. The summed E-state index contributed by atoms with van der Waals surface area (Å²) in [4.78, 5) is 21.5. The van der Waals surface area contributed by atoms with Gasteiger partial charge in [-0.15, -0.1) is 0 Å².